The number of likely N-dealkylation sites (tertiary alicyclic amines) is 1. The molecule has 7 nitrogen and oxygen atoms in total. The van der Waals surface area contributed by atoms with Crippen LogP contribution < -0.4 is 0 Å². The summed E-state index contributed by atoms with van der Waals surface area (Å²) in [6.45, 7) is 0.886. The molecular weight excluding hydrogens is 250 g/mol. The topological polar surface area (TPSA) is 79.3 Å². The smallest absolute Gasteiger partial charge is 0.310 e. The van der Waals surface area contributed by atoms with Gasteiger partial charge in [0.2, 0.25) is 5.91 Å². The van der Waals surface area contributed by atoms with Gasteiger partial charge in [0.25, 0.3) is 5.91 Å². The Hall–Kier alpha value is -1.92. The summed E-state index contributed by atoms with van der Waals surface area (Å²) in [5.41, 5.74) is 0.382. The number of nitrogens with zero attached hydrogens (tertiary/aromatic N) is 3. The van der Waals surface area contributed by atoms with Crippen LogP contribution >= 0.6 is 0 Å². The lowest BCUT2D eigenvalue weighted by Gasteiger charge is -2.22. The molecule has 2 aliphatic heterocycles. The minimum absolute atomic E-state index is 0.0922. The second-order valence-electron chi connectivity index (χ2n) is 4.72. The number of ether oxygens (including phenoxy) is 1. The lowest BCUT2D eigenvalue weighted by atomic mass is 10.1. The third-order valence-electron chi connectivity index (χ3n) is 3.46. The first-order chi connectivity index (χ1) is 9.02. The quantitative estimate of drug-likeness (QED) is 0.639. The average Bonchev–Trinajstić information content (AvgIpc) is 2.89. The highest BCUT2D eigenvalue weighted by Crippen LogP contribution is 2.19. The van der Waals surface area contributed by atoms with Gasteiger partial charge in [0, 0.05) is 33.0 Å². The van der Waals surface area contributed by atoms with Gasteiger partial charge in [0.05, 0.1) is 13.0 Å². The first-order valence-corrected chi connectivity index (χ1v) is 6.24. The number of carbonyl (C=O) groups is 3. The van der Waals surface area contributed by atoms with Crippen LogP contribution in [0.2, 0.25) is 0 Å². The molecule has 2 amide bonds. The monoisotopic (exact) mass is 267 g/mol. The molecule has 1 unspecified atom stereocenters. The molecule has 0 aromatic rings. The van der Waals surface area contributed by atoms with Crippen LogP contribution in [0.1, 0.15) is 19.3 Å². The van der Waals surface area contributed by atoms with Crippen LogP contribution in [-0.2, 0) is 19.1 Å². The van der Waals surface area contributed by atoms with Gasteiger partial charge in [-0.1, -0.05) is 0 Å². The Morgan fingerprint density at radius 2 is 2.11 bits per heavy atom. The van der Waals surface area contributed by atoms with Crippen LogP contribution in [0.5, 0.6) is 0 Å². The van der Waals surface area contributed by atoms with Gasteiger partial charge in [-0.3, -0.25) is 14.4 Å². The molecule has 2 aliphatic rings. The van der Waals surface area contributed by atoms with Crippen LogP contribution in [0.4, 0.5) is 0 Å². The number of esters is 1. The van der Waals surface area contributed by atoms with Crippen molar-refractivity contribution in [1.29, 1.82) is 0 Å². The van der Waals surface area contributed by atoms with Gasteiger partial charge in [-0.15, -0.1) is 0 Å². The van der Waals surface area contributed by atoms with Crippen LogP contribution in [0, 0.1) is 5.92 Å². The molecule has 1 fully saturated rings. The number of hydrogen-bond acceptors (Lipinski definition) is 5. The zero-order valence-electron chi connectivity index (χ0n) is 11.1. The van der Waals surface area contributed by atoms with Crippen LogP contribution in [0.25, 0.3) is 0 Å². The molecule has 0 saturated carbocycles. The largest absolute Gasteiger partial charge is 0.469 e. The molecule has 0 bridgehead atoms. The fraction of sp³-hybridized carbons (Fsp3) is 0.667. The maximum atomic E-state index is 12.2. The van der Waals surface area contributed by atoms with E-state index in [-0.39, 0.29) is 23.7 Å². The Balaban J connectivity index is 2.00. The maximum Gasteiger partial charge on any atom is 0.310 e. The second kappa shape index (κ2) is 5.38. The van der Waals surface area contributed by atoms with Crippen LogP contribution in [0.15, 0.2) is 5.10 Å². The molecule has 2 heterocycles. The highest BCUT2D eigenvalue weighted by molar-refractivity contribution is 6.39. The highest BCUT2D eigenvalue weighted by atomic mass is 16.5. The van der Waals surface area contributed by atoms with Gasteiger partial charge in [0.15, 0.2) is 0 Å². The van der Waals surface area contributed by atoms with E-state index in [0.717, 1.165) is 0 Å². The third-order valence-corrected chi connectivity index (χ3v) is 3.46. The molecule has 0 aromatic carbocycles. The number of hydrazone groups is 1. The number of carbonyl (C=O) groups excluding carboxylic acids is 3. The minimum atomic E-state index is -0.284. The van der Waals surface area contributed by atoms with Crippen molar-refractivity contribution in [2.24, 2.45) is 11.0 Å². The Kier molecular flexibility index (Phi) is 3.82. The van der Waals surface area contributed by atoms with E-state index in [4.69, 9.17) is 0 Å². The van der Waals surface area contributed by atoms with Crippen molar-refractivity contribution in [3.8, 4) is 0 Å². The van der Waals surface area contributed by atoms with Gasteiger partial charge >= 0.3 is 5.97 Å². The van der Waals surface area contributed by atoms with Gasteiger partial charge in [-0.25, -0.2) is 5.01 Å². The van der Waals surface area contributed by atoms with Crippen molar-refractivity contribution < 1.29 is 19.1 Å². The predicted octanol–water partition coefficient (Wildman–Crippen LogP) is -0.384. The molecule has 19 heavy (non-hydrogen) atoms. The van der Waals surface area contributed by atoms with Gasteiger partial charge in [-0.05, 0) is 6.42 Å². The Morgan fingerprint density at radius 1 is 1.37 bits per heavy atom. The standard InChI is InChI=1S/C12H17N3O4/c1-14-10(16)4-3-9(13-14)11(17)15-6-5-8(7-15)12(18)19-2/h8H,3-7H2,1-2H3. The molecule has 104 valence electrons. The summed E-state index contributed by atoms with van der Waals surface area (Å²) in [5.74, 6) is -0.818. The van der Waals surface area contributed by atoms with E-state index in [1.54, 1.807) is 4.90 Å². The first-order valence-electron chi connectivity index (χ1n) is 6.24. The zero-order chi connectivity index (χ0) is 14.0. The molecule has 0 spiro atoms. The predicted molar refractivity (Wildman–Crippen MR) is 66.1 cm³/mol. The molecule has 0 aliphatic carbocycles. The molecule has 1 saturated heterocycles. The number of amides is 2. The van der Waals surface area contributed by atoms with Crippen molar-refractivity contribution >= 4 is 23.5 Å². The van der Waals surface area contributed by atoms with Gasteiger partial charge < -0.3 is 9.64 Å². The third kappa shape index (κ3) is 2.74. The molecule has 7 heteroatoms. The summed E-state index contributed by atoms with van der Waals surface area (Å²) in [7, 11) is 2.88. The lowest BCUT2D eigenvalue weighted by Crippen LogP contribution is -2.40. The molecule has 1 atom stereocenters. The summed E-state index contributed by atoms with van der Waals surface area (Å²) in [6.07, 6.45) is 1.28. The first kappa shape index (κ1) is 13.5. The van der Waals surface area contributed by atoms with E-state index >= 15 is 0 Å². The molecule has 0 aromatic heterocycles. The highest BCUT2D eigenvalue weighted by Gasteiger charge is 2.34. The van der Waals surface area contributed by atoms with Crippen molar-refractivity contribution in [1.82, 2.24) is 9.91 Å². The summed E-state index contributed by atoms with van der Waals surface area (Å²) in [5, 5.41) is 5.19. The van der Waals surface area contributed by atoms with Crippen LogP contribution in [0.3, 0.4) is 0 Å². The fourth-order valence-electron chi connectivity index (χ4n) is 2.31. The Bertz CT molecular complexity index is 446. The zero-order valence-corrected chi connectivity index (χ0v) is 11.1. The fourth-order valence-corrected chi connectivity index (χ4v) is 2.31. The van der Waals surface area contributed by atoms with E-state index in [1.807, 2.05) is 0 Å². The molecular formula is C12H17N3O4. The van der Waals surface area contributed by atoms with Gasteiger partial charge in [0.1, 0.15) is 5.71 Å². The molecule has 2 rings (SSSR count). The van der Waals surface area contributed by atoms with E-state index < -0.39 is 0 Å². The van der Waals surface area contributed by atoms with Crippen molar-refractivity contribution in [2.45, 2.75) is 19.3 Å². The average molecular weight is 267 g/mol. The minimum Gasteiger partial charge on any atom is -0.469 e. The Labute approximate surface area is 111 Å². The summed E-state index contributed by atoms with van der Waals surface area (Å²) >= 11 is 0. The molecule has 0 N–H and O–H groups in total. The van der Waals surface area contributed by atoms with Gasteiger partial charge in [-0.2, -0.15) is 5.10 Å². The summed E-state index contributed by atoms with van der Waals surface area (Å²) < 4.78 is 4.68. The maximum absolute atomic E-state index is 12.2. The normalized spacial score (nSPS) is 23.4. The van der Waals surface area contributed by atoms with Crippen molar-refractivity contribution in [3.05, 3.63) is 0 Å². The van der Waals surface area contributed by atoms with E-state index in [9.17, 15) is 14.4 Å². The summed E-state index contributed by atoms with van der Waals surface area (Å²) in [6, 6.07) is 0. The van der Waals surface area contributed by atoms with Crippen molar-refractivity contribution in [2.75, 3.05) is 27.2 Å². The van der Waals surface area contributed by atoms with E-state index in [2.05, 4.69) is 9.84 Å². The SMILES string of the molecule is COC(=O)C1CCN(C(=O)C2=NN(C)C(=O)CC2)C1. The van der Waals surface area contributed by atoms with Crippen molar-refractivity contribution in [3.63, 3.8) is 0 Å². The number of methoxy groups -OCH3 is 1. The molecule has 0 radical (unpaired) electrons. The number of hydrogen-bond donors (Lipinski definition) is 0. The lowest BCUT2D eigenvalue weighted by molar-refractivity contribution is -0.145. The number of rotatable bonds is 2. The van der Waals surface area contributed by atoms with E-state index in [0.29, 0.717) is 38.1 Å². The Morgan fingerprint density at radius 3 is 2.74 bits per heavy atom. The second-order valence-corrected chi connectivity index (χ2v) is 4.72. The summed E-state index contributed by atoms with van der Waals surface area (Å²) in [4.78, 5) is 36.5. The van der Waals surface area contributed by atoms with E-state index in [1.165, 1.54) is 19.2 Å². The van der Waals surface area contributed by atoms with Crippen LogP contribution in [-0.4, -0.2) is 60.7 Å².